The summed E-state index contributed by atoms with van der Waals surface area (Å²) in [7, 11) is 0. The quantitative estimate of drug-likeness (QED) is 0.915. The summed E-state index contributed by atoms with van der Waals surface area (Å²) in [6, 6.07) is 6.44. The minimum absolute atomic E-state index is 0.0321. The molecule has 112 valence electrons. The molecular formula is C16H19FN2O2. The number of morpholine rings is 1. The van der Waals surface area contributed by atoms with Gasteiger partial charge in [0, 0.05) is 26.2 Å². The molecular weight excluding hydrogens is 271 g/mol. The van der Waals surface area contributed by atoms with Gasteiger partial charge in [0.05, 0.1) is 5.60 Å². The maximum atomic E-state index is 12.8. The Morgan fingerprint density at radius 2 is 2.19 bits per heavy atom. The molecule has 3 rings (SSSR count). The van der Waals surface area contributed by atoms with E-state index in [1.54, 1.807) is 12.1 Å². The number of nitrogens with zero attached hydrogens (tertiary/aromatic N) is 1. The van der Waals surface area contributed by atoms with Crippen LogP contribution >= 0.6 is 0 Å². The van der Waals surface area contributed by atoms with E-state index in [9.17, 15) is 9.18 Å². The van der Waals surface area contributed by atoms with Crippen LogP contribution in [0.15, 0.2) is 30.3 Å². The van der Waals surface area contributed by atoms with Gasteiger partial charge >= 0.3 is 0 Å². The molecule has 0 bridgehead atoms. The number of hydrogen-bond acceptors (Lipinski definition) is 3. The molecule has 2 heterocycles. The third-order valence-electron chi connectivity index (χ3n) is 4.06. The summed E-state index contributed by atoms with van der Waals surface area (Å²) in [5, 5.41) is 2.88. The van der Waals surface area contributed by atoms with Crippen molar-refractivity contribution < 1.29 is 13.9 Å². The highest BCUT2D eigenvalue weighted by Crippen LogP contribution is 2.26. The van der Waals surface area contributed by atoms with E-state index in [4.69, 9.17) is 4.74 Å². The van der Waals surface area contributed by atoms with Crippen molar-refractivity contribution in [2.24, 2.45) is 0 Å². The van der Waals surface area contributed by atoms with Crippen molar-refractivity contribution >= 4 is 12.0 Å². The molecule has 2 aliphatic rings. The first-order chi connectivity index (χ1) is 10.2. The molecule has 1 unspecified atom stereocenters. The number of benzene rings is 1. The van der Waals surface area contributed by atoms with Gasteiger partial charge in [0.2, 0.25) is 5.91 Å². The summed E-state index contributed by atoms with van der Waals surface area (Å²) in [4.78, 5) is 13.5. The van der Waals surface area contributed by atoms with E-state index in [0.29, 0.717) is 6.54 Å². The van der Waals surface area contributed by atoms with E-state index in [1.165, 1.54) is 12.1 Å². The molecule has 4 nitrogen and oxygen atoms in total. The second kappa shape index (κ2) is 5.95. The molecule has 1 spiro atoms. The fraction of sp³-hybridized carbons (Fsp3) is 0.438. The zero-order valence-electron chi connectivity index (χ0n) is 11.8. The lowest BCUT2D eigenvalue weighted by molar-refractivity contribution is -0.142. The van der Waals surface area contributed by atoms with Gasteiger partial charge in [0.15, 0.2) is 0 Å². The summed E-state index contributed by atoms with van der Waals surface area (Å²) >= 11 is 0. The lowest BCUT2D eigenvalue weighted by Gasteiger charge is -2.33. The summed E-state index contributed by atoms with van der Waals surface area (Å²) in [6.45, 7) is 3.39. The van der Waals surface area contributed by atoms with Gasteiger partial charge in [-0.15, -0.1) is 0 Å². The Morgan fingerprint density at radius 3 is 2.90 bits per heavy atom. The van der Waals surface area contributed by atoms with Crippen molar-refractivity contribution in [1.29, 1.82) is 0 Å². The van der Waals surface area contributed by atoms with Crippen molar-refractivity contribution in [3.63, 3.8) is 0 Å². The first-order valence-electron chi connectivity index (χ1n) is 7.20. The molecule has 5 heteroatoms. The lowest BCUT2D eigenvalue weighted by atomic mass is 10.0. The molecule has 0 saturated carbocycles. The summed E-state index contributed by atoms with van der Waals surface area (Å²) in [5.74, 6) is -0.250. The van der Waals surface area contributed by atoms with Crippen molar-refractivity contribution in [1.82, 2.24) is 10.2 Å². The third kappa shape index (κ3) is 3.49. The fourth-order valence-corrected chi connectivity index (χ4v) is 2.84. The fourth-order valence-electron chi connectivity index (χ4n) is 2.84. The number of amides is 1. The van der Waals surface area contributed by atoms with Crippen molar-refractivity contribution in [3.8, 4) is 0 Å². The number of ether oxygens (including phenoxy) is 1. The molecule has 1 aromatic rings. The Hall–Kier alpha value is -1.72. The topological polar surface area (TPSA) is 41.6 Å². The van der Waals surface area contributed by atoms with Gasteiger partial charge in [-0.3, -0.25) is 9.69 Å². The number of nitrogens with one attached hydrogen (secondary N) is 1. The van der Waals surface area contributed by atoms with E-state index >= 15 is 0 Å². The van der Waals surface area contributed by atoms with Gasteiger partial charge in [0.25, 0.3) is 0 Å². The van der Waals surface area contributed by atoms with Crippen LogP contribution in [0.3, 0.4) is 0 Å². The van der Waals surface area contributed by atoms with E-state index in [1.807, 2.05) is 6.08 Å². The molecule has 0 radical (unpaired) electrons. The maximum absolute atomic E-state index is 12.8. The van der Waals surface area contributed by atoms with Crippen LogP contribution in [0.1, 0.15) is 12.0 Å². The van der Waals surface area contributed by atoms with Gasteiger partial charge in [-0.25, -0.2) is 4.39 Å². The predicted molar refractivity (Wildman–Crippen MR) is 78.2 cm³/mol. The first kappa shape index (κ1) is 14.2. The van der Waals surface area contributed by atoms with Crippen LogP contribution in [-0.2, 0) is 9.53 Å². The molecule has 2 saturated heterocycles. The number of hydrogen-bond donors (Lipinski definition) is 1. The SMILES string of the molecule is O=C1COC2(CCN(CC=Cc3ccc(F)cc3)C2)CN1. The molecule has 2 aliphatic heterocycles. The highest BCUT2D eigenvalue weighted by Gasteiger charge is 2.41. The highest BCUT2D eigenvalue weighted by molar-refractivity contribution is 5.78. The second-order valence-corrected chi connectivity index (χ2v) is 5.69. The molecule has 21 heavy (non-hydrogen) atoms. The van der Waals surface area contributed by atoms with Crippen molar-refractivity contribution in [2.75, 3.05) is 32.8 Å². The summed E-state index contributed by atoms with van der Waals surface area (Å²) < 4.78 is 18.5. The Morgan fingerprint density at radius 1 is 1.38 bits per heavy atom. The molecule has 0 aliphatic carbocycles. The average molecular weight is 290 g/mol. The normalized spacial score (nSPS) is 26.6. The standard InChI is InChI=1S/C16H19FN2O2/c17-14-5-3-13(4-6-14)2-1-8-19-9-7-16(12-19)11-18-15(20)10-21-16/h1-6H,7-12H2,(H,18,20). The second-order valence-electron chi connectivity index (χ2n) is 5.69. The largest absolute Gasteiger partial charge is 0.362 e. The van der Waals surface area contributed by atoms with Crippen molar-refractivity contribution in [2.45, 2.75) is 12.0 Å². The summed E-state index contributed by atoms with van der Waals surface area (Å²) in [6.07, 6.45) is 5.01. The van der Waals surface area contributed by atoms with E-state index in [0.717, 1.165) is 31.6 Å². The van der Waals surface area contributed by atoms with Gasteiger partial charge in [0.1, 0.15) is 12.4 Å². The number of likely N-dealkylation sites (tertiary alicyclic amines) is 1. The predicted octanol–water partition coefficient (Wildman–Crippen LogP) is 1.43. The first-order valence-corrected chi connectivity index (χ1v) is 7.20. The van der Waals surface area contributed by atoms with Crippen LogP contribution in [0, 0.1) is 5.82 Å². The summed E-state index contributed by atoms with van der Waals surface area (Å²) in [5.41, 5.74) is 0.781. The van der Waals surface area contributed by atoms with E-state index < -0.39 is 0 Å². The van der Waals surface area contributed by atoms with E-state index in [-0.39, 0.29) is 23.9 Å². The van der Waals surface area contributed by atoms with Crippen LogP contribution in [-0.4, -0.2) is 49.2 Å². The third-order valence-corrected chi connectivity index (χ3v) is 4.06. The van der Waals surface area contributed by atoms with Crippen LogP contribution < -0.4 is 5.32 Å². The zero-order valence-corrected chi connectivity index (χ0v) is 11.8. The minimum atomic E-state index is -0.217. The number of carbonyl (C=O) groups excluding carboxylic acids is 1. The van der Waals surface area contributed by atoms with Crippen LogP contribution in [0.2, 0.25) is 0 Å². The van der Waals surface area contributed by atoms with Crippen LogP contribution in [0.5, 0.6) is 0 Å². The van der Waals surface area contributed by atoms with Gasteiger partial charge in [-0.2, -0.15) is 0 Å². The molecule has 0 aromatic heterocycles. The Kier molecular flexibility index (Phi) is 4.03. The molecule has 1 aromatic carbocycles. The van der Waals surface area contributed by atoms with E-state index in [2.05, 4.69) is 16.3 Å². The maximum Gasteiger partial charge on any atom is 0.246 e. The molecule has 2 fully saturated rings. The Labute approximate surface area is 123 Å². The number of carbonyl (C=O) groups is 1. The van der Waals surface area contributed by atoms with Gasteiger partial charge in [-0.1, -0.05) is 24.3 Å². The van der Waals surface area contributed by atoms with Gasteiger partial charge in [-0.05, 0) is 24.1 Å². The van der Waals surface area contributed by atoms with Crippen LogP contribution in [0.4, 0.5) is 4.39 Å². The molecule has 1 amide bonds. The molecule has 1 atom stereocenters. The average Bonchev–Trinajstić information content (AvgIpc) is 2.88. The number of rotatable bonds is 3. The highest BCUT2D eigenvalue weighted by atomic mass is 19.1. The van der Waals surface area contributed by atoms with Crippen molar-refractivity contribution in [3.05, 3.63) is 41.7 Å². The monoisotopic (exact) mass is 290 g/mol. The Balaban J connectivity index is 1.51. The lowest BCUT2D eigenvalue weighted by Crippen LogP contribution is -2.53. The zero-order chi connectivity index (χ0) is 14.7. The number of halogens is 1. The minimum Gasteiger partial charge on any atom is -0.362 e. The van der Waals surface area contributed by atoms with Crippen LogP contribution in [0.25, 0.3) is 6.08 Å². The molecule has 1 N–H and O–H groups in total. The van der Waals surface area contributed by atoms with Gasteiger partial charge < -0.3 is 10.1 Å². The smallest absolute Gasteiger partial charge is 0.246 e. The Bertz CT molecular complexity index is 532.